The normalized spacial score (nSPS) is 12.1. The van der Waals surface area contributed by atoms with E-state index in [2.05, 4.69) is 21.6 Å². The van der Waals surface area contributed by atoms with Crippen molar-refractivity contribution >= 4 is 16.6 Å². The Morgan fingerprint density at radius 1 is 1.09 bits per heavy atom. The van der Waals surface area contributed by atoms with Crippen LogP contribution in [0.1, 0.15) is 11.3 Å². The second kappa shape index (κ2) is 5.46. The lowest BCUT2D eigenvalue weighted by atomic mass is 10.1. The molecule has 3 aromatic rings. The second-order valence-corrected chi connectivity index (χ2v) is 5.09. The summed E-state index contributed by atoms with van der Waals surface area (Å²) in [7, 11) is 0. The maximum Gasteiger partial charge on any atom is 0.231 e. The van der Waals surface area contributed by atoms with Crippen LogP contribution >= 0.6 is 0 Å². The molecule has 6 heteroatoms. The van der Waals surface area contributed by atoms with Gasteiger partial charge in [0.15, 0.2) is 17.2 Å². The Morgan fingerprint density at radius 2 is 1.96 bits per heavy atom. The monoisotopic (exact) mass is 304 g/mol. The molecule has 1 N–H and O–H groups in total. The number of fused-ring (bicyclic) bond motifs is 2. The van der Waals surface area contributed by atoms with Gasteiger partial charge in [-0.15, -0.1) is 10.2 Å². The average Bonchev–Trinajstić information content (AvgIpc) is 3.07. The van der Waals surface area contributed by atoms with Crippen molar-refractivity contribution in [3.05, 3.63) is 53.7 Å². The zero-order valence-corrected chi connectivity index (χ0v) is 12.1. The zero-order chi connectivity index (χ0) is 15.6. The topological polar surface area (TPSA) is 80.1 Å². The van der Waals surface area contributed by atoms with Crippen molar-refractivity contribution in [1.29, 1.82) is 5.26 Å². The maximum atomic E-state index is 9.27. The van der Waals surface area contributed by atoms with Crippen LogP contribution in [0.25, 0.3) is 10.9 Å². The highest BCUT2D eigenvalue weighted by Crippen LogP contribution is 2.33. The van der Waals surface area contributed by atoms with Crippen LogP contribution in [0.5, 0.6) is 11.5 Å². The van der Waals surface area contributed by atoms with E-state index in [1.165, 1.54) is 0 Å². The number of aromatic nitrogens is 2. The molecule has 0 unspecified atom stereocenters. The first-order valence-corrected chi connectivity index (χ1v) is 7.13. The second-order valence-electron chi connectivity index (χ2n) is 5.09. The highest BCUT2D eigenvalue weighted by Gasteiger charge is 2.14. The minimum atomic E-state index is 0.254. The largest absolute Gasteiger partial charge is 0.454 e. The molecule has 2 heterocycles. The third-order valence-corrected chi connectivity index (χ3v) is 3.68. The molecule has 1 aliphatic rings. The molecule has 6 nitrogen and oxygen atoms in total. The molecule has 0 bridgehead atoms. The van der Waals surface area contributed by atoms with Gasteiger partial charge in [0.25, 0.3) is 0 Å². The van der Waals surface area contributed by atoms with Crippen molar-refractivity contribution in [1.82, 2.24) is 10.2 Å². The first-order chi connectivity index (χ1) is 11.3. The molecule has 0 saturated carbocycles. The summed E-state index contributed by atoms with van der Waals surface area (Å²) in [4.78, 5) is 0. The molecule has 0 radical (unpaired) electrons. The van der Waals surface area contributed by atoms with Gasteiger partial charge in [-0.05, 0) is 23.8 Å². The molecule has 0 atom stereocenters. The standard InChI is InChI=1S/C17H12N4O2/c18-8-14-17(12-3-1-2-4-13(12)20-21-14)19-9-11-5-6-15-16(7-11)23-10-22-15/h1-7H,9-10H2,(H,19,20). The van der Waals surface area contributed by atoms with Crippen LogP contribution in [0.15, 0.2) is 42.5 Å². The average molecular weight is 304 g/mol. The lowest BCUT2D eigenvalue weighted by Gasteiger charge is -2.10. The molecule has 0 saturated heterocycles. The molecule has 23 heavy (non-hydrogen) atoms. The zero-order valence-electron chi connectivity index (χ0n) is 12.1. The van der Waals surface area contributed by atoms with Gasteiger partial charge in [-0.2, -0.15) is 5.26 Å². The van der Waals surface area contributed by atoms with E-state index >= 15 is 0 Å². The van der Waals surface area contributed by atoms with Crippen molar-refractivity contribution in [2.75, 3.05) is 12.1 Å². The SMILES string of the molecule is N#Cc1nnc2ccccc2c1NCc1ccc2c(c1)OCO2. The summed E-state index contributed by atoms with van der Waals surface area (Å²) in [5.41, 5.74) is 2.75. The number of ether oxygens (including phenoxy) is 2. The molecule has 0 fully saturated rings. The Hall–Kier alpha value is -3.33. The number of nitrogens with one attached hydrogen (secondary N) is 1. The van der Waals surface area contributed by atoms with E-state index in [9.17, 15) is 5.26 Å². The lowest BCUT2D eigenvalue weighted by molar-refractivity contribution is 0.174. The van der Waals surface area contributed by atoms with Crippen LogP contribution in [0.4, 0.5) is 5.69 Å². The molecule has 0 aliphatic carbocycles. The highest BCUT2D eigenvalue weighted by atomic mass is 16.7. The third kappa shape index (κ3) is 2.38. The molecule has 1 aromatic heterocycles. The van der Waals surface area contributed by atoms with Gasteiger partial charge in [0, 0.05) is 11.9 Å². The van der Waals surface area contributed by atoms with Gasteiger partial charge >= 0.3 is 0 Å². The number of rotatable bonds is 3. The first kappa shape index (κ1) is 13.3. The summed E-state index contributed by atoms with van der Waals surface area (Å²) < 4.78 is 10.7. The molecule has 112 valence electrons. The summed E-state index contributed by atoms with van der Waals surface area (Å²) >= 11 is 0. The Morgan fingerprint density at radius 3 is 2.87 bits per heavy atom. The molecular formula is C17H12N4O2. The molecule has 1 aliphatic heterocycles. The Kier molecular flexibility index (Phi) is 3.17. The van der Waals surface area contributed by atoms with Gasteiger partial charge in [0.2, 0.25) is 6.79 Å². The van der Waals surface area contributed by atoms with Crippen molar-refractivity contribution in [3.63, 3.8) is 0 Å². The fourth-order valence-corrected chi connectivity index (χ4v) is 2.55. The number of hydrogen-bond donors (Lipinski definition) is 1. The molecule has 0 spiro atoms. The summed E-state index contributed by atoms with van der Waals surface area (Å²) in [5, 5.41) is 21.5. The predicted octanol–water partition coefficient (Wildman–Crippen LogP) is 2.84. The van der Waals surface area contributed by atoms with E-state index in [0.29, 0.717) is 12.2 Å². The van der Waals surface area contributed by atoms with Crippen LogP contribution in [-0.4, -0.2) is 17.0 Å². The minimum absolute atomic E-state index is 0.254. The van der Waals surface area contributed by atoms with E-state index in [0.717, 1.165) is 28.0 Å². The van der Waals surface area contributed by atoms with E-state index in [1.54, 1.807) is 0 Å². The number of benzene rings is 2. The predicted molar refractivity (Wildman–Crippen MR) is 84.1 cm³/mol. The van der Waals surface area contributed by atoms with Gasteiger partial charge in [-0.1, -0.05) is 24.3 Å². The quantitative estimate of drug-likeness (QED) is 0.801. The van der Waals surface area contributed by atoms with Gasteiger partial charge in [0.05, 0.1) is 11.2 Å². The van der Waals surface area contributed by atoms with E-state index < -0.39 is 0 Å². The number of anilines is 1. The first-order valence-electron chi connectivity index (χ1n) is 7.13. The van der Waals surface area contributed by atoms with Gasteiger partial charge < -0.3 is 14.8 Å². The number of hydrogen-bond acceptors (Lipinski definition) is 6. The number of nitrogens with zero attached hydrogens (tertiary/aromatic N) is 3. The fraction of sp³-hybridized carbons (Fsp3) is 0.118. The molecule has 4 rings (SSSR count). The Labute approximate surface area is 132 Å². The minimum Gasteiger partial charge on any atom is -0.454 e. The summed E-state index contributed by atoms with van der Waals surface area (Å²) in [6.45, 7) is 0.796. The van der Waals surface area contributed by atoms with Gasteiger partial charge in [-0.25, -0.2) is 0 Å². The summed E-state index contributed by atoms with van der Waals surface area (Å²) in [6.07, 6.45) is 0. The van der Waals surface area contributed by atoms with Gasteiger partial charge in [-0.3, -0.25) is 0 Å². The maximum absolute atomic E-state index is 9.27. The third-order valence-electron chi connectivity index (χ3n) is 3.68. The van der Waals surface area contributed by atoms with Crippen LogP contribution in [0, 0.1) is 11.3 Å². The Balaban J connectivity index is 1.66. The van der Waals surface area contributed by atoms with Gasteiger partial charge in [0.1, 0.15) is 6.07 Å². The molecule has 0 amide bonds. The van der Waals surface area contributed by atoms with Crippen LogP contribution in [-0.2, 0) is 6.54 Å². The fourth-order valence-electron chi connectivity index (χ4n) is 2.55. The van der Waals surface area contributed by atoms with Crippen molar-refractivity contribution in [2.24, 2.45) is 0 Å². The van der Waals surface area contributed by atoms with Crippen molar-refractivity contribution < 1.29 is 9.47 Å². The Bertz CT molecular complexity index is 934. The molecular weight excluding hydrogens is 292 g/mol. The van der Waals surface area contributed by atoms with E-state index in [4.69, 9.17) is 9.47 Å². The van der Waals surface area contributed by atoms with Crippen LogP contribution in [0.2, 0.25) is 0 Å². The smallest absolute Gasteiger partial charge is 0.231 e. The lowest BCUT2D eigenvalue weighted by Crippen LogP contribution is -2.04. The van der Waals surface area contributed by atoms with Crippen LogP contribution < -0.4 is 14.8 Å². The molecule has 2 aromatic carbocycles. The van der Waals surface area contributed by atoms with Crippen LogP contribution in [0.3, 0.4) is 0 Å². The van der Waals surface area contributed by atoms with E-state index in [1.807, 2.05) is 42.5 Å². The number of nitriles is 1. The summed E-state index contributed by atoms with van der Waals surface area (Å²) in [6, 6.07) is 15.5. The van der Waals surface area contributed by atoms with Crippen molar-refractivity contribution in [3.8, 4) is 17.6 Å². The van der Waals surface area contributed by atoms with E-state index in [-0.39, 0.29) is 12.5 Å². The summed E-state index contributed by atoms with van der Waals surface area (Å²) in [5.74, 6) is 1.49. The highest BCUT2D eigenvalue weighted by molar-refractivity contribution is 5.92. The van der Waals surface area contributed by atoms with Crippen molar-refractivity contribution in [2.45, 2.75) is 6.54 Å².